The zero-order chi connectivity index (χ0) is 18.1. The summed E-state index contributed by atoms with van der Waals surface area (Å²) in [5.74, 6) is -1.48. The van der Waals surface area contributed by atoms with E-state index < -0.39 is 5.97 Å². The molecule has 0 unspecified atom stereocenters. The number of carbonyl (C=O) groups is 3. The van der Waals surface area contributed by atoms with Crippen LogP contribution in [-0.2, 0) is 19.1 Å². The molecule has 8 heteroatoms. The number of benzene rings is 1. The molecule has 0 aliphatic heterocycles. The molecule has 1 aromatic carbocycles. The molecule has 0 saturated heterocycles. The molecule has 2 N–H and O–H groups in total. The molecule has 25 heavy (non-hydrogen) atoms. The van der Waals surface area contributed by atoms with Gasteiger partial charge in [-0.15, -0.1) is 11.8 Å². The average Bonchev–Trinajstić information content (AvgIpc) is 3.08. The first-order valence-electron chi connectivity index (χ1n) is 8.11. The summed E-state index contributed by atoms with van der Waals surface area (Å²) in [7, 11) is 0. The van der Waals surface area contributed by atoms with Crippen molar-refractivity contribution in [2.45, 2.75) is 31.7 Å². The fourth-order valence-electron chi connectivity index (χ4n) is 2.48. The zero-order valence-electron chi connectivity index (χ0n) is 13.8. The Morgan fingerprint density at radius 3 is 2.44 bits per heavy atom. The Morgan fingerprint density at radius 2 is 1.76 bits per heavy atom. The van der Waals surface area contributed by atoms with Crippen molar-refractivity contribution < 1.29 is 23.5 Å². The van der Waals surface area contributed by atoms with Gasteiger partial charge in [0.1, 0.15) is 5.82 Å². The molecule has 0 atom stereocenters. The SMILES string of the molecule is O=C(CSCC(=O)OCC(=O)NC1CCCC1)Nc1ccc(F)cc1. The number of halogens is 1. The largest absolute Gasteiger partial charge is 0.455 e. The summed E-state index contributed by atoms with van der Waals surface area (Å²) < 4.78 is 17.6. The summed E-state index contributed by atoms with van der Waals surface area (Å²) >= 11 is 1.08. The Balaban J connectivity index is 1.55. The van der Waals surface area contributed by atoms with Gasteiger partial charge in [-0.1, -0.05) is 12.8 Å². The number of hydrogen-bond acceptors (Lipinski definition) is 5. The first kappa shape index (κ1) is 19.2. The summed E-state index contributed by atoms with van der Waals surface area (Å²) in [5.41, 5.74) is 0.484. The third-order valence-electron chi connectivity index (χ3n) is 3.67. The molecule has 1 aliphatic carbocycles. The molecule has 1 aromatic rings. The van der Waals surface area contributed by atoms with Gasteiger partial charge in [0.05, 0.1) is 11.5 Å². The maximum Gasteiger partial charge on any atom is 0.316 e. The van der Waals surface area contributed by atoms with Crippen molar-refractivity contribution in [3.63, 3.8) is 0 Å². The summed E-state index contributed by atoms with van der Waals surface area (Å²) in [5, 5.41) is 5.42. The molecule has 2 rings (SSSR count). The Hall–Kier alpha value is -2.09. The molecule has 0 aromatic heterocycles. The highest BCUT2D eigenvalue weighted by Gasteiger charge is 2.17. The molecule has 1 fully saturated rings. The standard InChI is InChI=1S/C17H21FN2O4S/c18-12-5-7-14(8-6-12)20-16(22)10-25-11-17(23)24-9-15(21)19-13-3-1-2-4-13/h5-8,13H,1-4,9-11H2,(H,19,21)(H,20,22). The van der Waals surface area contributed by atoms with Crippen molar-refractivity contribution in [3.05, 3.63) is 30.1 Å². The fourth-order valence-corrected chi connectivity index (χ4v) is 3.09. The molecule has 0 heterocycles. The van der Waals surface area contributed by atoms with Crippen LogP contribution in [0, 0.1) is 5.82 Å². The third-order valence-corrected chi connectivity index (χ3v) is 4.57. The van der Waals surface area contributed by atoms with Crippen LogP contribution in [0.25, 0.3) is 0 Å². The van der Waals surface area contributed by atoms with Crippen LogP contribution < -0.4 is 10.6 Å². The molecule has 2 amide bonds. The van der Waals surface area contributed by atoms with Crippen LogP contribution in [0.4, 0.5) is 10.1 Å². The quantitative estimate of drug-likeness (QED) is 0.687. The number of anilines is 1. The minimum absolute atomic E-state index is 0.0203. The van der Waals surface area contributed by atoms with Crippen molar-refractivity contribution in [2.75, 3.05) is 23.4 Å². The molecular formula is C17H21FN2O4S. The minimum Gasteiger partial charge on any atom is -0.455 e. The Labute approximate surface area is 149 Å². The maximum atomic E-state index is 12.8. The van der Waals surface area contributed by atoms with E-state index in [0.29, 0.717) is 5.69 Å². The number of carbonyl (C=O) groups excluding carboxylic acids is 3. The first-order valence-corrected chi connectivity index (χ1v) is 9.26. The first-order chi connectivity index (χ1) is 12.0. The topological polar surface area (TPSA) is 84.5 Å². The van der Waals surface area contributed by atoms with E-state index in [-0.39, 0.29) is 41.8 Å². The van der Waals surface area contributed by atoms with Crippen LogP contribution >= 0.6 is 11.8 Å². The predicted molar refractivity (Wildman–Crippen MR) is 93.7 cm³/mol. The summed E-state index contributed by atoms with van der Waals surface area (Å²) in [4.78, 5) is 34.9. The highest BCUT2D eigenvalue weighted by atomic mass is 32.2. The van der Waals surface area contributed by atoms with Crippen LogP contribution in [0.15, 0.2) is 24.3 Å². The lowest BCUT2D eigenvalue weighted by atomic mass is 10.2. The van der Waals surface area contributed by atoms with Crippen molar-refractivity contribution in [2.24, 2.45) is 0 Å². The number of rotatable bonds is 8. The van der Waals surface area contributed by atoms with Crippen LogP contribution in [0.5, 0.6) is 0 Å². The van der Waals surface area contributed by atoms with E-state index in [1.165, 1.54) is 24.3 Å². The number of amides is 2. The lowest BCUT2D eigenvalue weighted by molar-refractivity contribution is -0.146. The van der Waals surface area contributed by atoms with Crippen molar-refractivity contribution in [1.82, 2.24) is 5.32 Å². The van der Waals surface area contributed by atoms with Gasteiger partial charge in [-0.2, -0.15) is 0 Å². The van der Waals surface area contributed by atoms with Gasteiger partial charge in [0.15, 0.2) is 6.61 Å². The van der Waals surface area contributed by atoms with Crippen molar-refractivity contribution in [1.29, 1.82) is 0 Å². The summed E-state index contributed by atoms with van der Waals surface area (Å²) in [6.45, 7) is -0.294. The van der Waals surface area contributed by atoms with Gasteiger partial charge in [-0.05, 0) is 37.1 Å². The van der Waals surface area contributed by atoms with E-state index in [9.17, 15) is 18.8 Å². The van der Waals surface area contributed by atoms with E-state index in [0.717, 1.165) is 37.4 Å². The molecular weight excluding hydrogens is 347 g/mol. The van der Waals surface area contributed by atoms with Gasteiger partial charge in [0, 0.05) is 11.7 Å². The monoisotopic (exact) mass is 368 g/mol. The van der Waals surface area contributed by atoms with Crippen molar-refractivity contribution in [3.8, 4) is 0 Å². The van der Waals surface area contributed by atoms with Gasteiger partial charge < -0.3 is 15.4 Å². The highest BCUT2D eigenvalue weighted by Crippen LogP contribution is 2.17. The van der Waals surface area contributed by atoms with Gasteiger partial charge in [0.25, 0.3) is 5.91 Å². The molecule has 0 radical (unpaired) electrons. The minimum atomic E-state index is -0.541. The number of hydrogen-bond donors (Lipinski definition) is 2. The van der Waals surface area contributed by atoms with E-state index >= 15 is 0 Å². The van der Waals surface area contributed by atoms with E-state index in [1.807, 2.05) is 0 Å². The average molecular weight is 368 g/mol. The van der Waals surface area contributed by atoms with Crippen LogP contribution in [0.2, 0.25) is 0 Å². The fraction of sp³-hybridized carbons (Fsp3) is 0.471. The molecule has 6 nitrogen and oxygen atoms in total. The zero-order valence-corrected chi connectivity index (χ0v) is 14.6. The van der Waals surface area contributed by atoms with Crippen LogP contribution in [-0.4, -0.2) is 41.9 Å². The smallest absolute Gasteiger partial charge is 0.316 e. The number of nitrogens with one attached hydrogen (secondary N) is 2. The molecule has 1 aliphatic rings. The van der Waals surface area contributed by atoms with Gasteiger partial charge in [-0.25, -0.2) is 4.39 Å². The van der Waals surface area contributed by atoms with E-state index in [4.69, 9.17) is 4.74 Å². The number of thioether (sulfide) groups is 1. The molecule has 0 bridgehead atoms. The second kappa shape index (κ2) is 10.0. The Kier molecular flexibility index (Phi) is 7.72. The Bertz CT molecular complexity index is 603. The van der Waals surface area contributed by atoms with Crippen molar-refractivity contribution >= 4 is 35.2 Å². The molecule has 1 saturated carbocycles. The van der Waals surface area contributed by atoms with Crippen LogP contribution in [0.3, 0.4) is 0 Å². The summed E-state index contributed by atoms with van der Waals surface area (Å²) in [6, 6.07) is 5.59. The lowest BCUT2D eigenvalue weighted by Gasteiger charge is -2.11. The number of ether oxygens (including phenoxy) is 1. The molecule has 136 valence electrons. The lowest BCUT2D eigenvalue weighted by Crippen LogP contribution is -2.36. The van der Waals surface area contributed by atoms with Gasteiger partial charge >= 0.3 is 5.97 Å². The van der Waals surface area contributed by atoms with Crippen LogP contribution in [0.1, 0.15) is 25.7 Å². The van der Waals surface area contributed by atoms with E-state index in [1.54, 1.807) is 0 Å². The summed E-state index contributed by atoms with van der Waals surface area (Å²) in [6.07, 6.45) is 4.17. The van der Waals surface area contributed by atoms with Gasteiger partial charge in [-0.3, -0.25) is 14.4 Å². The van der Waals surface area contributed by atoms with E-state index in [2.05, 4.69) is 10.6 Å². The highest BCUT2D eigenvalue weighted by molar-refractivity contribution is 8.00. The maximum absolute atomic E-state index is 12.8. The second-order valence-corrected chi connectivity index (χ2v) is 6.74. The third kappa shape index (κ3) is 7.55. The normalized spacial score (nSPS) is 14.1. The molecule has 0 spiro atoms. The predicted octanol–water partition coefficient (Wildman–Crippen LogP) is 2.10. The second-order valence-electron chi connectivity index (χ2n) is 5.76. The Morgan fingerprint density at radius 1 is 1.08 bits per heavy atom. The number of esters is 1. The van der Waals surface area contributed by atoms with Gasteiger partial charge in [0.2, 0.25) is 5.91 Å².